The fourth-order valence-electron chi connectivity index (χ4n) is 6.79. The molecule has 0 saturated heterocycles. The fraction of sp³-hybridized carbons (Fsp3) is 0.538. The standard InChI is InChI=1S/C26H31Cl2NO/c1-17(26-12-18-8-19(13-26)10-20(9-18)14-26)29-15-22-11-23(27)6-7-25(22)30-16-21-4-2-3-5-24(21)28/h2-7,11,17-20,29H,8-10,12-16H2,1H3/t17-,18?,19?,20?,26?/m1/s1. The van der Waals surface area contributed by atoms with Crippen LogP contribution in [0.1, 0.15) is 56.6 Å². The van der Waals surface area contributed by atoms with Crippen molar-refractivity contribution in [1.29, 1.82) is 0 Å². The van der Waals surface area contributed by atoms with Gasteiger partial charge in [-0.3, -0.25) is 0 Å². The van der Waals surface area contributed by atoms with Gasteiger partial charge in [-0.2, -0.15) is 0 Å². The molecule has 4 saturated carbocycles. The van der Waals surface area contributed by atoms with E-state index in [1.165, 1.54) is 38.5 Å². The van der Waals surface area contributed by atoms with Gasteiger partial charge >= 0.3 is 0 Å². The zero-order chi connectivity index (χ0) is 20.7. The first-order chi connectivity index (χ1) is 14.5. The number of hydrogen-bond donors (Lipinski definition) is 1. The minimum Gasteiger partial charge on any atom is -0.489 e. The lowest BCUT2D eigenvalue weighted by Gasteiger charge is -2.59. The van der Waals surface area contributed by atoms with E-state index in [0.717, 1.165) is 51.2 Å². The second-order valence-corrected chi connectivity index (χ2v) is 10.9. The molecule has 1 atom stereocenters. The maximum atomic E-state index is 6.33. The van der Waals surface area contributed by atoms with E-state index in [9.17, 15) is 0 Å². The van der Waals surface area contributed by atoms with E-state index >= 15 is 0 Å². The van der Waals surface area contributed by atoms with Gasteiger partial charge in [-0.1, -0.05) is 41.4 Å². The molecule has 2 aromatic carbocycles. The minimum atomic E-state index is 0.457. The van der Waals surface area contributed by atoms with E-state index in [2.05, 4.69) is 12.2 Å². The van der Waals surface area contributed by atoms with Crippen LogP contribution in [0.2, 0.25) is 10.0 Å². The summed E-state index contributed by atoms with van der Waals surface area (Å²) in [6, 6.07) is 14.3. The Morgan fingerprint density at radius 1 is 0.967 bits per heavy atom. The average molecular weight is 444 g/mol. The molecule has 0 aliphatic heterocycles. The molecule has 0 unspecified atom stereocenters. The van der Waals surface area contributed by atoms with Gasteiger partial charge in [0.25, 0.3) is 0 Å². The summed E-state index contributed by atoms with van der Waals surface area (Å²) in [5.41, 5.74) is 2.60. The number of hydrogen-bond acceptors (Lipinski definition) is 2. The van der Waals surface area contributed by atoms with E-state index in [0.29, 0.717) is 18.1 Å². The average Bonchev–Trinajstić information content (AvgIpc) is 2.71. The van der Waals surface area contributed by atoms with Crippen molar-refractivity contribution < 1.29 is 4.74 Å². The second kappa shape index (κ2) is 8.37. The van der Waals surface area contributed by atoms with Crippen molar-refractivity contribution in [2.24, 2.45) is 23.2 Å². The monoisotopic (exact) mass is 443 g/mol. The molecular formula is C26H31Cl2NO. The van der Waals surface area contributed by atoms with Crippen LogP contribution in [0.25, 0.3) is 0 Å². The van der Waals surface area contributed by atoms with Crippen LogP contribution in [-0.4, -0.2) is 6.04 Å². The molecule has 4 aliphatic carbocycles. The normalized spacial score (nSPS) is 30.4. The first kappa shape index (κ1) is 20.7. The summed E-state index contributed by atoms with van der Waals surface area (Å²) >= 11 is 12.6. The van der Waals surface area contributed by atoms with Crippen LogP contribution in [0, 0.1) is 23.2 Å². The van der Waals surface area contributed by atoms with Crippen LogP contribution in [0.15, 0.2) is 42.5 Å². The van der Waals surface area contributed by atoms with Gasteiger partial charge in [0.1, 0.15) is 12.4 Å². The number of ether oxygens (including phenoxy) is 1. The van der Waals surface area contributed by atoms with Crippen LogP contribution >= 0.6 is 23.2 Å². The molecule has 2 aromatic rings. The van der Waals surface area contributed by atoms with Crippen molar-refractivity contribution in [3.63, 3.8) is 0 Å². The number of halogens is 2. The Morgan fingerprint density at radius 3 is 2.30 bits per heavy atom. The minimum absolute atomic E-state index is 0.457. The third-order valence-corrected chi connectivity index (χ3v) is 8.57. The summed E-state index contributed by atoms with van der Waals surface area (Å²) in [5.74, 6) is 3.80. The van der Waals surface area contributed by atoms with Crippen LogP contribution in [0.5, 0.6) is 5.75 Å². The topological polar surface area (TPSA) is 21.3 Å². The van der Waals surface area contributed by atoms with Crippen molar-refractivity contribution in [1.82, 2.24) is 5.32 Å². The predicted molar refractivity (Wildman–Crippen MR) is 124 cm³/mol. The summed E-state index contributed by atoms with van der Waals surface area (Å²) in [4.78, 5) is 0. The van der Waals surface area contributed by atoms with Gasteiger partial charge in [0.2, 0.25) is 0 Å². The fourth-order valence-corrected chi connectivity index (χ4v) is 7.17. The first-order valence-electron chi connectivity index (χ1n) is 11.4. The van der Waals surface area contributed by atoms with E-state index in [-0.39, 0.29) is 0 Å². The summed E-state index contributed by atoms with van der Waals surface area (Å²) in [6.07, 6.45) is 8.70. The van der Waals surface area contributed by atoms with Crippen molar-refractivity contribution in [3.8, 4) is 5.75 Å². The van der Waals surface area contributed by atoms with Crippen molar-refractivity contribution in [3.05, 3.63) is 63.6 Å². The lowest BCUT2D eigenvalue weighted by Crippen LogP contribution is -2.54. The number of nitrogens with one attached hydrogen (secondary N) is 1. The molecule has 0 radical (unpaired) electrons. The molecule has 0 amide bonds. The number of benzene rings is 2. The molecule has 160 valence electrons. The van der Waals surface area contributed by atoms with Gasteiger partial charge in [-0.15, -0.1) is 0 Å². The second-order valence-electron chi connectivity index (χ2n) is 10.0. The van der Waals surface area contributed by atoms with E-state index in [4.69, 9.17) is 27.9 Å². The molecule has 2 nitrogen and oxygen atoms in total. The molecule has 30 heavy (non-hydrogen) atoms. The molecule has 6 rings (SSSR count). The molecule has 1 N–H and O–H groups in total. The lowest BCUT2D eigenvalue weighted by molar-refractivity contribution is -0.0706. The summed E-state index contributed by atoms with van der Waals surface area (Å²) in [5, 5.41) is 5.36. The summed E-state index contributed by atoms with van der Waals surface area (Å²) < 4.78 is 6.16. The third-order valence-electron chi connectivity index (χ3n) is 7.97. The highest BCUT2D eigenvalue weighted by atomic mass is 35.5. The van der Waals surface area contributed by atoms with Crippen LogP contribution in [0.3, 0.4) is 0 Å². The molecule has 0 spiro atoms. The Balaban J connectivity index is 1.27. The largest absolute Gasteiger partial charge is 0.489 e. The zero-order valence-corrected chi connectivity index (χ0v) is 19.2. The maximum absolute atomic E-state index is 6.33. The van der Waals surface area contributed by atoms with Crippen molar-refractivity contribution in [2.45, 2.75) is 64.6 Å². The Kier molecular flexibility index (Phi) is 5.77. The molecule has 0 heterocycles. The molecule has 4 aliphatic rings. The van der Waals surface area contributed by atoms with Crippen molar-refractivity contribution >= 4 is 23.2 Å². The molecule has 4 bridgehead atoms. The highest BCUT2D eigenvalue weighted by Gasteiger charge is 2.52. The van der Waals surface area contributed by atoms with Gasteiger partial charge in [-0.25, -0.2) is 0 Å². The molecular weight excluding hydrogens is 413 g/mol. The quantitative estimate of drug-likeness (QED) is 0.485. The third kappa shape index (κ3) is 4.11. The smallest absolute Gasteiger partial charge is 0.124 e. The van der Waals surface area contributed by atoms with Crippen LogP contribution in [0.4, 0.5) is 0 Å². The Hall–Kier alpha value is -1.22. The maximum Gasteiger partial charge on any atom is 0.124 e. The Labute approximate surface area is 190 Å². The van der Waals surface area contributed by atoms with Gasteiger partial charge in [0.15, 0.2) is 0 Å². The predicted octanol–water partition coefficient (Wildman–Crippen LogP) is 7.27. The molecule has 4 heteroatoms. The van der Waals surface area contributed by atoms with Crippen molar-refractivity contribution in [2.75, 3.05) is 0 Å². The summed E-state index contributed by atoms with van der Waals surface area (Å²) in [7, 11) is 0. The highest BCUT2D eigenvalue weighted by Crippen LogP contribution is 2.61. The summed E-state index contributed by atoms with van der Waals surface area (Å²) in [6.45, 7) is 3.64. The first-order valence-corrected chi connectivity index (χ1v) is 12.1. The van der Waals surface area contributed by atoms with E-state index in [1.54, 1.807) is 0 Å². The van der Waals surface area contributed by atoms with Crippen LogP contribution < -0.4 is 10.1 Å². The lowest BCUT2D eigenvalue weighted by atomic mass is 9.48. The highest BCUT2D eigenvalue weighted by molar-refractivity contribution is 6.31. The van der Waals surface area contributed by atoms with E-state index in [1.807, 2.05) is 42.5 Å². The van der Waals surface area contributed by atoms with Gasteiger partial charge in [0, 0.05) is 33.8 Å². The van der Waals surface area contributed by atoms with Gasteiger partial charge in [0.05, 0.1) is 0 Å². The number of rotatable bonds is 7. The molecule has 4 fully saturated rings. The zero-order valence-electron chi connectivity index (χ0n) is 17.7. The van der Waals surface area contributed by atoms with Gasteiger partial charge < -0.3 is 10.1 Å². The SMILES string of the molecule is C[C@@H](NCc1cc(Cl)ccc1OCc1ccccc1Cl)C12CC3CC(CC(C3)C1)C2. The molecule has 0 aromatic heterocycles. The van der Waals surface area contributed by atoms with Crippen LogP contribution in [-0.2, 0) is 13.2 Å². The Morgan fingerprint density at radius 2 is 1.63 bits per heavy atom. The van der Waals surface area contributed by atoms with Gasteiger partial charge in [-0.05, 0) is 92.9 Å². The Bertz CT molecular complexity index is 876. The van der Waals surface area contributed by atoms with E-state index < -0.39 is 0 Å².